The van der Waals surface area contributed by atoms with Crippen molar-refractivity contribution < 1.29 is 19.4 Å². The number of nitrogens with zero attached hydrogens (tertiary/aromatic N) is 1. The average molecular weight is 406 g/mol. The number of carbonyl (C=O) groups excluding carboxylic acids is 1. The molecule has 2 unspecified atom stereocenters. The number of hydrogen-bond donors (Lipinski definition) is 1. The molecule has 0 aliphatic carbocycles. The normalized spacial score (nSPS) is 13.2. The van der Waals surface area contributed by atoms with E-state index < -0.39 is 12.1 Å². The lowest BCUT2D eigenvalue weighted by Crippen LogP contribution is -2.32. The van der Waals surface area contributed by atoms with Gasteiger partial charge in [-0.3, -0.25) is 0 Å². The molecule has 0 amide bonds. The van der Waals surface area contributed by atoms with Crippen LogP contribution in [0.4, 0.5) is 0 Å². The molecular formula is C22H28ClNO4. The van der Waals surface area contributed by atoms with Crippen LogP contribution in [0.25, 0.3) is 0 Å². The summed E-state index contributed by atoms with van der Waals surface area (Å²) in [6, 6.07) is 15.0. The number of rotatable bonds is 10. The van der Waals surface area contributed by atoms with Gasteiger partial charge in [0.05, 0.1) is 13.2 Å². The van der Waals surface area contributed by atoms with Crippen LogP contribution in [0.15, 0.2) is 48.5 Å². The van der Waals surface area contributed by atoms with Crippen LogP contribution in [0.1, 0.15) is 37.0 Å². The Bertz CT molecular complexity index is 750. The Morgan fingerprint density at radius 1 is 1.14 bits per heavy atom. The second kappa shape index (κ2) is 11.1. The maximum Gasteiger partial charge on any atom is 0.343 e. The third kappa shape index (κ3) is 6.82. The lowest BCUT2D eigenvalue weighted by atomic mass is 10.00. The highest BCUT2D eigenvalue weighted by Crippen LogP contribution is 2.23. The molecule has 0 aromatic heterocycles. The van der Waals surface area contributed by atoms with Crippen molar-refractivity contribution in [1.29, 1.82) is 0 Å². The van der Waals surface area contributed by atoms with E-state index in [2.05, 4.69) is 23.5 Å². The van der Waals surface area contributed by atoms with Crippen LogP contribution in [0.2, 0.25) is 5.02 Å². The molecule has 0 aliphatic rings. The molecule has 152 valence electrons. The van der Waals surface area contributed by atoms with Gasteiger partial charge in [-0.15, -0.1) is 0 Å². The topological polar surface area (TPSA) is 59.0 Å². The number of aliphatic hydroxyl groups is 1. The Kier molecular flexibility index (Phi) is 8.77. The van der Waals surface area contributed by atoms with Gasteiger partial charge >= 0.3 is 5.97 Å². The predicted octanol–water partition coefficient (Wildman–Crippen LogP) is 4.05. The first kappa shape index (κ1) is 22.2. The van der Waals surface area contributed by atoms with Crippen LogP contribution in [0.3, 0.4) is 0 Å². The van der Waals surface area contributed by atoms with Crippen LogP contribution in [-0.2, 0) is 9.53 Å². The van der Waals surface area contributed by atoms with E-state index in [-0.39, 0.29) is 12.5 Å². The summed E-state index contributed by atoms with van der Waals surface area (Å²) >= 11 is 6.02. The van der Waals surface area contributed by atoms with Crippen LogP contribution >= 0.6 is 11.6 Å². The SMILES string of the molecule is CCN(CC(C)c1ccc(OCC(=O)OC)cc1)CC(O)c1cccc(Cl)c1. The number of halogens is 1. The van der Waals surface area contributed by atoms with Crippen molar-refractivity contribution in [3.63, 3.8) is 0 Å². The van der Waals surface area contributed by atoms with E-state index in [1.165, 1.54) is 12.7 Å². The molecule has 28 heavy (non-hydrogen) atoms. The van der Waals surface area contributed by atoms with Gasteiger partial charge in [-0.05, 0) is 47.9 Å². The van der Waals surface area contributed by atoms with Gasteiger partial charge in [-0.25, -0.2) is 4.79 Å². The van der Waals surface area contributed by atoms with Crippen molar-refractivity contribution in [3.8, 4) is 5.75 Å². The van der Waals surface area contributed by atoms with Crippen molar-refractivity contribution in [2.24, 2.45) is 0 Å². The van der Waals surface area contributed by atoms with Gasteiger partial charge in [0.1, 0.15) is 5.75 Å². The first-order valence-corrected chi connectivity index (χ1v) is 9.76. The molecule has 2 aromatic carbocycles. The number of likely N-dealkylation sites (N-methyl/N-ethyl adjacent to an activating group) is 1. The second-order valence-corrected chi connectivity index (χ2v) is 7.19. The zero-order valence-corrected chi connectivity index (χ0v) is 17.4. The summed E-state index contributed by atoms with van der Waals surface area (Å²) in [7, 11) is 1.33. The van der Waals surface area contributed by atoms with Crippen LogP contribution < -0.4 is 4.74 Å². The third-order valence-corrected chi connectivity index (χ3v) is 4.91. The van der Waals surface area contributed by atoms with Crippen molar-refractivity contribution in [1.82, 2.24) is 4.90 Å². The van der Waals surface area contributed by atoms with Crippen LogP contribution in [-0.4, -0.2) is 49.3 Å². The molecule has 1 N–H and O–H groups in total. The smallest absolute Gasteiger partial charge is 0.343 e. The molecule has 2 atom stereocenters. The minimum atomic E-state index is -0.583. The summed E-state index contributed by atoms with van der Waals surface area (Å²) in [6.07, 6.45) is -0.583. The largest absolute Gasteiger partial charge is 0.482 e. The lowest BCUT2D eigenvalue weighted by Gasteiger charge is -2.27. The first-order chi connectivity index (χ1) is 13.4. The van der Waals surface area contributed by atoms with Gasteiger partial charge in [0.25, 0.3) is 0 Å². The summed E-state index contributed by atoms with van der Waals surface area (Å²) < 4.78 is 9.94. The van der Waals surface area contributed by atoms with Gasteiger partial charge in [0.2, 0.25) is 0 Å². The summed E-state index contributed by atoms with van der Waals surface area (Å²) in [5.41, 5.74) is 1.99. The Morgan fingerprint density at radius 2 is 1.86 bits per heavy atom. The van der Waals surface area contributed by atoms with Crippen LogP contribution in [0, 0.1) is 0 Å². The number of ether oxygens (including phenoxy) is 2. The van der Waals surface area contributed by atoms with Gasteiger partial charge in [0.15, 0.2) is 6.61 Å². The zero-order valence-electron chi connectivity index (χ0n) is 16.6. The number of benzene rings is 2. The molecule has 2 aromatic rings. The molecule has 0 saturated heterocycles. The summed E-state index contributed by atoms with van der Waals surface area (Å²) in [5.74, 6) is 0.500. The molecule has 0 heterocycles. The molecule has 6 heteroatoms. The number of methoxy groups -OCH3 is 1. The number of hydrogen-bond acceptors (Lipinski definition) is 5. The second-order valence-electron chi connectivity index (χ2n) is 6.76. The molecule has 0 bridgehead atoms. The van der Waals surface area contributed by atoms with E-state index in [4.69, 9.17) is 16.3 Å². The van der Waals surface area contributed by atoms with Crippen molar-refractivity contribution >= 4 is 17.6 Å². The highest BCUT2D eigenvalue weighted by Gasteiger charge is 2.16. The molecular weight excluding hydrogens is 378 g/mol. The Morgan fingerprint density at radius 3 is 2.46 bits per heavy atom. The Labute approximate surface area is 171 Å². The summed E-state index contributed by atoms with van der Waals surface area (Å²) in [5, 5.41) is 11.2. The first-order valence-electron chi connectivity index (χ1n) is 9.38. The lowest BCUT2D eigenvalue weighted by molar-refractivity contribution is -0.142. The molecule has 5 nitrogen and oxygen atoms in total. The highest BCUT2D eigenvalue weighted by atomic mass is 35.5. The van der Waals surface area contributed by atoms with E-state index in [1.807, 2.05) is 36.4 Å². The highest BCUT2D eigenvalue weighted by molar-refractivity contribution is 6.30. The van der Waals surface area contributed by atoms with Crippen molar-refractivity contribution in [2.75, 3.05) is 33.4 Å². The van der Waals surface area contributed by atoms with E-state index in [0.29, 0.717) is 17.3 Å². The van der Waals surface area contributed by atoms with Crippen LogP contribution in [0.5, 0.6) is 5.75 Å². The maximum atomic E-state index is 11.1. The van der Waals surface area contributed by atoms with Gasteiger partial charge in [-0.2, -0.15) is 0 Å². The fraction of sp³-hybridized carbons (Fsp3) is 0.409. The number of aliphatic hydroxyl groups excluding tert-OH is 1. The van der Waals surface area contributed by atoms with Crippen molar-refractivity contribution in [3.05, 3.63) is 64.7 Å². The van der Waals surface area contributed by atoms with E-state index >= 15 is 0 Å². The standard InChI is InChI=1S/C22H28ClNO4/c1-4-24(14-21(25)18-6-5-7-19(23)12-18)13-16(2)17-8-10-20(11-9-17)28-15-22(26)27-3/h5-12,16,21,25H,4,13-15H2,1-3H3. The van der Waals surface area contributed by atoms with Crippen molar-refractivity contribution in [2.45, 2.75) is 25.9 Å². The number of carbonyl (C=O) groups is 1. The molecule has 0 fully saturated rings. The fourth-order valence-corrected chi connectivity index (χ4v) is 3.18. The minimum absolute atomic E-state index is 0.101. The quantitative estimate of drug-likeness (QED) is 0.604. The third-order valence-electron chi connectivity index (χ3n) is 4.68. The molecule has 0 saturated carbocycles. The average Bonchev–Trinajstić information content (AvgIpc) is 2.71. The Hall–Kier alpha value is -2.08. The number of esters is 1. The van der Waals surface area contributed by atoms with Gasteiger partial charge in [0, 0.05) is 18.1 Å². The molecule has 2 rings (SSSR count). The zero-order chi connectivity index (χ0) is 20.5. The molecule has 0 radical (unpaired) electrons. The van der Waals surface area contributed by atoms with E-state index in [0.717, 1.165) is 18.7 Å². The fourth-order valence-electron chi connectivity index (χ4n) is 2.98. The van der Waals surface area contributed by atoms with E-state index in [9.17, 15) is 9.90 Å². The van der Waals surface area contributed by atoms with Gasteiger partial charge < -0.3 is 19.5 Å². The van der Waals surface area contributed by atoms with E-state index in [1.54, 1.807) is 12.1 Å². The van der Waals surface area contributed by atoms with Gasteiger partial charge in [-0.1, -0.05) is 49.7 Å². The minimum Gasteiger partial charge on any atom is -0.482 e. The molecule has 0 spiro atoms. The maximum absolute atomic E-state index is 11.1. The summed E-state index contributed by atoms with van der Waals surface area (Å²) in [4.78, 5) is 13.4. The Balaban J connectivity index is 1.92. The predicted molar refractivity (Wildman–Crippen MR) is 111 cm³/mol. The summed E-state index contributed by atoms with van der Waals surface area (Å²) in [6.45, 7) is 6.33. The molecule has 0 aliphatic heterocycles. The monoisotopic (exact) mass is 405 g/mol.